The highest BCUT2D eigenvalue weighted by Gasteiger charge is 2.15. The molecule has 0 aliphatic heterocycles. The van der Waals surface area contributed by atoms with Crippen molar-refractivity contribution < 1.29 is 4.79 Å². The van der Waals surface area contributed by atoms with Crippen LogP contribution in [-0.4, -0.2) is 31.3 Å². The quantitative estimate of drug-likeness (QED) is 0.574. The molecule has 0 bridgehead atoms. The number of aromatic amines is 1. The molecule has 0 aliphatic rings. The number of nitrogens with one attached hydrogen (secondary N) is 1. The summed E-state index contributed by atoms with van der Waals surface area (Å²) >= 11 is 2.96. The minimum atomic E-state index is 0.105. The van der Waals surface area contributed by atoms with Crippen LogP contribution >= 0.6 is 23.1 Å². The molecular formula is C15H16N4OS2. The van der Waals surface area contributed by atoms with Crippen LogP contribution in [0, 0.1) is 13.8 Å². The molecule has 0 radical (unpaired) electrons. The number of Topliss-reactive ketones (excluding diaryl/α,β-unsaturated/α-hetero) is 1. The van der Waals surface area contributed by atoms with Crippen molar-refractivity contribution in [2.45, 2.75) is 19.0 Å². The summed E-state index contributed by atoms with van der Waals surface area (Å²) in [5.41, 5.74) is 2.86. The Morgan fingerprint density at radius 1 is 1.45 bits per heavy atom. The largest absolute Gasteiger partial charge is 0.351 e. The highest BCUT2D eigenvalue weighted by atomic mass is 32.2. The van der Waals surface area contributed by atoms with Crippen molar-refractivity contribution in [1.29, 1.82) is 0 Å². The van der Waals surface area contributed by atoms with Crippen LogP contribution in [0.4, 0.5) is 0 Å². The Bertz CT molecular complexity index is 802. The van der Waals surface area contributed by atoms with Crippen molar-refractivity contribution in [2.24, 2.45) is 7.05 Å². The standard InChI is InChI=1S/C15H16N4OS2/c1-9-7-11(10(2)19(9)3)12(20)8-22-15-16-14(17-18-15)13-5-4-6-21-13/h4-7H,8H2,1-3H3,(H,16,17,18). The van der Waals surface area contributed by atoms with Gasteiger partial charge in [-0.1, -0.05) is 17.8 Å². The fourth-order valence-corrected chi connectivity index (χ4v) is 3.53. The molecule has 3 rings (SSSR count). The molecule has 5 nitrogen and oxygen atoms in total. The van der Waals surface area contributed by atoms with Gasteiger partial charge in [0, 0.05) is 24.0 Å². The Morgan fingerprint density at radius 2 is 2.27 bits per heavy atom. The molecule has 1 N–H and O–H groups in total. The minimum Gasteiger partial charge on any atom is -0.351 e. The van der Waals surface area contributed by atoms with E-state index in [4.69, 9.17) is 0 Å². The molecule has 3 aromatic rings. The van der Waals surface area contributed by atoms with Gasteiger partial charge in [0.05, 0.1) is 10.6 Å². The highest BCUT2D eigenvalue weighted by Crippen LogP contribution is 2.24. The summed E-state index contributed by atoms with van der Waals surface area (Å²) in [6, 6.07) is 5.90. The van der Waals surface area contributed by atoms with E-state index in [-0.39, 0.29) is 5.78 Å². The molecule has 22 heavy (non-hydrogen) atoms. The van der Waals surface area contributed by atoms with Gasteiger partial charge in [-0.3, -0.25) is 9.89 Å². The second kappa shape index (κ2) is 6.10. The predicted molar refractivity (Wildman–Crippen MR) is 89.6 cm³/mol. The first-order chi connectivity index (χ1) is 10.6. The molecule has 3 heterocycles. The Labute approximate surface area is 136 Å². The molecule has 114 valence electrons. The average Bonchev–Trinajstić information content (AvgIpc) is 3.22. The van der Waals surface area contributed by atoms with E-state index in [0.29, 0.717) is 10.9 Å². The van der Waals surface area contributed by atoms with Gasteiger partial charge >= 0.3 is 0 Å². The van der Waals surface area contributed by atoms with E-state index in [1.54, 1.807) is 11.3 Å². The van der Waals surface area contributed by atoms with Crippen LogP contribution in [-0.2, 0) is 7.05 Å². The van der Waals surface area contributed by atoms with E-state index < -0.39 is 0 Å². The molecule has 0 aliphatic carbocycles. The second-order valence-corrected chi connectivity index (χ2v) is 6.89. The first-order valence-electron chi connectivity index (χ1n) is 6.81. The maximum Gasteiger partial charge on any atom is 0.209 e. The highest BCUT2D eigenvalue weighted by molar-refractivity contribution is 7.99. The molecule has 0 amide bonds. The van der Waals surface area contributed by atoms with Crippen molar-refractivity contribution in [3.8, 4) is 10.7 Å². The van der Waals surface area contributed by atoms with Crippen LogP contribution in [0.3, 0.4) is 0 Å². The smallest absolute Gasteiger partial charge is 0.209 e. The monoisotopic (exact) mass is 332 g/mol. The van der Waals surface area contributed by atoms with Crippen molar-refractivity contribution in [2.75, 3.05) is 5.75 Å². The maximum atomic E-state index is 12.3. The lowest BCUT2D eigenvalue weighted by atomic mass is 10.2. The topological polar surface area (TPSA) is 63.6 Å². The zero-order valence-corrected chi connectivity index (χ0v) is 14.2. The van der Waals surface area contributed by atoms with Gasteiger partial charge in [-0.25, -0.2) is 4.98 Å². The molecule has 3 aromatic heterocycles. The summed E-state index contributed by atoms with van der Waals surface area (Å²) < 4.78 is 2.03. The van der Waals surface area contributed by atoms with Gasteiger partial charge in [-0.15, -0.1) is 16.4 Å². The third-order valence-electron chi connectivity index (χ3n) is 3.63. The Morgan fingerprint density at radius 3 is 2.91 bits per heavy atom. The molecular weight excluding hydrogens is 316 g/mol. The number of aromatic nitrogens is 4. The number of carbonyl (C=O) groups is 1. The molecule has 0 aromatic carbocycles. The maximum absolute atomic E-state index is 12.3. The van der Waals surface area contributed by atoms with E-state index in [1.165, 1.54) is 11.8 Å². The van der Waals surface area contributed by atoms with E-state index in [1.807, 2.05) is 49.0 Å². The Balaban J connectivity index is 1.67. The Hall–Kier alpha value is -1.86. The van der Waals surface area contributed by atoms with Crippen LogP contribution in [0.1, 0.15) is 21.7 Å². The fourth-order valence-electron chi connectivity index (χ4n) is 2.18. The number of ketones is 1. The van der Waals surface area contributed by atoms with Crippen LogP contribution in [0.25, 0.3) is 10.7 Å². The van der Waals surface area contributed by atoms with Crippen LogP contribution in [0.5, 0.6) is 0 Å². The zero-order valence-electron chi connectivity index (χ0n) is 12.6. The normalized spacial score (nSPS) is 11.0. The fraction of sp³-hybridized carbons (Fsp3) is 0.267. The summed E-state index contributed by atoms with van der Waals surface area (Å²) in [7, 11) is 1.97. The van der Waals surface area contributed by atoms with Gasteiger partial charge in [0.2, 0.25) is 5.16 Å². The summed E-state index contributed by atoms with van der Waals surface area (Å²) in [5, 5.41) is 9.66. The molecule has 0 fully saturated rings. The summed E-state index contributed by atoms with van der Waals surface area (Å²) in [5.74, 6) is 1.19. The van der Waals surface area contributed by atoms with Crippen LogP contribution in [0.15, 0.2) is 28.7 Å². The average molecular weight is 332 g/mol. The SMILES string of the molecule is Cc1cc(C(=O)CSc2n[nH]c(-c3cccs3)n2)c(C)n1C. The number of hydrogen-bond donors (Lipinski definition) is 1. The first-order valence-corrected chi connectivity index (χ1v) is 8.68. The van der Waals surface area contributed by atoms with Gasteiger partial charge in [0.15, 0.2) is 11.6 Å². The lowest BCUT2D eigenvalue weighted by Gasteiger charge is -2.01. The van der Waals surface area contributed by atoms with Crippen molar-refractivity contribution in [1.82, 2.24) is 19.7 Å². The number of nitrogens with zero attached hydrogens (tertiary/aromatic N) is 3. The van der Waals surface area contributed by atoms with E-state index in [9.17, 15) is 4.79 Å². The second-order valence-electron chi connectivity index (χ2n) is 5.00. The van der Waals surface area contributed by atoms with E-state index in [2.05, 4.69) is 15.2 Å². The molecule has 0 atom stereocenters. The van der Waals surface area contributed by atoms with Crippen LogP contribution < -0.4 is 0 Å². The van der Waals surface area contributed by atoms with E-state index >= 15 is 0 Å². The van der Waals surface area contributed by atoms with Gasteiger partial charge < -0.3 is 4.57 Å². The molecule has 0 unspecified atom stereocenters. The molecule has 0 spiro atoms. The van der Waals surface area contributed by atoms with Gasteiger partial charge in [-0.05, 0) is 31.4 Å². The third kappa shape index (κ3) is 2.86. The van der Waals surface area contributed by atoms with E-state index in [0.717, 1.165) is 27.7 Å². The predicted octanol–water partition coefficient (Wildman–Crippen LogP) is 3.46. The zero-order chi connectivity index (χ0) is 15.7. The van der Waals surface area contributed by atoms with Crippen molar-refractivity contribution >= 4 is 28.9 Å². The number of rotatable bonds is 5. The number of H-pyrrole nitrogens is 1. The molecule has 0 saturated carbocycles. The number of thiophene rings is 1. The molecule has 7 heteroatoms. The number of hydrogen-bond acceptors (Lipinski definition) is 5. The number of carbonyl (C=O) groups excluding carboxylic acids is 1. The van der Waals surface area contributed by atoms with Gasteiger partial charge in [0.1, 0.15) is 0 Å². The molecule has 0 saturated heterocycles. The van der Waals surface area contributed by atoms with Crippen molar-refractivity contribution in [3.05, 3.63) is 40.5 Å². The summed E-state index contributed by atoms with van der Waals surface area (Å²) in [4.78, 5) is 17.8. The van der Waals surface area contributed by atoms with Gasteiger partial charge in [0.25, 0.3) is 0 Å². The van der Waals surface area contributed by atoms with Crippen LogP contribution in [0.2, 0.25) is 0 Å². The number of thioether (sulfide) groups is 1. The third-order valence-corrected chi connectivity index (χ3v) is 5.35. The van der Waals surface area contributed by atoms with Crippen molar-refractivity contribution in [3.63, 3.8) is 0 Å². The number of aryl methyl sites for hydroxylation is 1. The first kappa shape index (κ1) is 15.1. The Kier molecular flexibility index (Phi) is 4.17. The minimum absolute atomic E-state index is 0.105. The van der Waals surface area contributed by atoms with Gasteiger partial charge in [-0.2, -0.15) is 0 Å². The summed E-state index contributed by atoms with van der Waals surface area (Å²) in [6.07, 6.45) is 0. The lowest BCUT2D eigenvalue weighted by Crippen LogP contribution is -2.04. The summed E-state index contributed by atoms with van der Waals surface area (Å²) in [6.45, 7) is 3.96. The lowest BCUT2D eigenvalue weighted by molar-refractivity contribution is 0.102.